The summed E-state index contributed by atoms with van der Waals surface area (Å²) >= 11 is 6.13. The zero-order chi connectivity index (χ0) is 24.9. The van der Waals surface area contributed by atoms with Gasteiger partial charge < -0.3 is 20.7 Å². The molecule has 0 aliphatic heterocycles. The monoisotopic (exact) mass is 495 g/mol. The molecule has 0 radical (unpaired) electrons. The lowest BCUT2D eigenvalue weighted by Gasteiger charge is -2.17. The van der Waals surface area contributed by atoms with E-state index in [1.807, 2.05) is 0 Å². The number of aromatic amines is 1. The van der Waals surface area contributed by atoms with Crippen molar-refractivity contribution in [3.05, 3.63) is 75.3 Å². The summed E-state index contributed by atoms with van der Waals surface area (Å²) in [5.74, 6) is -1.04. The summed E-state index contributed by atoms with van der Waals surface area (Å²) in [4.78, 5) is 39.6. The molecule has 0 spiro atoms. The molecule has 4 aromatic rings. The van der Waals surface area contributed by atoms with Gasteiger partial charge in [0.25, 0.3) is 11.5 Å². The van der Waals surface area contributed by atoms with E-state index in [4.69, 9.17) is 11.6 Å². The number of benzene rings is 2. The fourth-order valence-corrected chi connectivity index (χ4v) is 3.86. The van der Waals surface area contributed by atoms with Crippen molar-refractivity contribution in [1.29, 1.82) is 0 Å². The fraction of sp³-hybridized carbons (Fsp3) is 0.217. The molecule has 0 aliphatic rings. The van der Waals surface area contributed by atoms with Gasteiger partial charge in [-0.2, -0.15) is 0 Å². The first-order chi connectivity index (χ1) is 16.9. The number of nitrogens with one attached hydrogen (secondary N) is 3. The number of aromatic hydroxyl groups is 1. The maximum Gasteiger partial charge on any atom is 0.252 e. The summed E-state index contributed by atoms with van der Waals surface area (Å²) in [6.45, 7) is 2.09. The second kappa shape index (κ2) is 10.3. The zero-order valence-corrected chi connectivity index (χ0v) is 19.4. The first kappa shape index (κ1) is 23.9. The predicted molar refractivity (Wildman–Crippen MR) is 129 cm³/mol. The maximum atomic E-state index is 12.8. The highest BCUT2D eigenvalue weighted by Gasteiger charge is 2.20. The molecular weight excluding hydrogens is 474 g/mol. The van der Waals surface area contributed by atoms with Crippen molar-refractivity contribution >= 4 is 34.3 Å². The van der Waals surface area contributed by atoms with E-state index >= 15 is 0 Å². The Hall–Kier alpha value is -4.25. The molecule has 12 heteroatoms. The number of carbonyl (C=O) groups is 2. The molecule has 4 N–H and O–H groups in total. The Labute approximate surface area is 204 Å². The highest BCUT2D eigenvalue weighted by molar-refractivity contribution is 6.30. The van der Waals surface area contributed by atoms with Gasteiger partial charge in [0.1, 0.15) is 18.1 Å². The van der Waals surface area contributed by atoms with E-state index < -0.39 is 17.5 Å². The number of nitrogens with zero attached hydrogens (tertiary/aromatic N) is 4. The van der Waals surface area contributed by atoms with Crippen molar-refractivity contribution < 1.29 is 14.7 Å². The van der Waals surface area contributed by atoms with E-state index in [-0.39, 0.29) is 17.2 Å². The molecule has 2 aromatic heterocycles. The van der Waals surface area contributed by atoms with Crippen LogP contribution >= 0.6 is 11.6 Å². The van der Waals surface area contributed by atoms with Crippen LogP contribution in [0.5, 0.6) is 5.75 Å². The van der Waals surface area contributed by atoms with Crippen molar-refractivity contribution in [3.63, 3.8) is 0 Å². The number of aromatic nitrogens is 5. The van der Waals surface area contributed by atoms with Crippen LogP contribution in [0.4, 0.5) is 0 Å². The number of hydrogen-bond donors (Lipinski definition) is 4. The number of hydrogen-bond acceptors (Lipinski definition) is 7. The fourth-order valence-electron chi connectivity index (χ4n) is 3.66. The van der Waals surface area contributed by atoms with Crippen LogP contribution in [-0.2, 0) is 11.2 Å². The standard InChI is InChI=1S/C23H22ClN7O4/c1-2-17(28-22(34)14-3-5-18-16(10-14)20(32)11-21(33)27-18)23(35)25-8-7-13-9-15(24)4-6-19(13)31-12-26-29-30-31/h3-6,9-12,17H,2,7-8H2,1H3,(H,25,35)(H,28,34)(H2,27,32,33)/t17-/m1/s1. The maximum absolute atomic E-state index is 12.8. The highest BCUT2D eigenvalue weighted by atomic mass is 35.5. The van der Waals surface area contributed by atoms with Crippen LogP contribution in [0.3, 0.4) is 0 Å². The second-order valence-corrected chi connectivity index (χ2v) is 8.22. The molecule has 0 unspecified atom stereocenters. The van der Waals surface area contributed by atoms with Crippen molar-refractivity contribution in [2.24, 2.45) is 0 Å². The molecule has 2 amide bonds. The van der Waals surface area contributed by atoms with Crippen molar-refractivity contribution in [3.8, 4) is 11.4 Å². The summed E-state index contributed by atoms with van der Waals surface area (Å²) in [6, 6.07) is 10.1. The normalized spacial score (nSPS) is 11.8. The largest absolute Gasteiger partial charge is 0.507 e. The van der Waals surface area contributed by atoms with E-state index in [2.05, 4.69) is 31.1 Å². The topological polar surface area (TPSA) is 155 Å². The van der Waals surface area contributed by atoms with Gasteiger partial charge in [-0.05, 0) is 65.2 Å². The van der Waals surface area contributed by atoms with Gasteiger partial charge in [0.05, 0.1) is 11.2 Å². The molecule has 0 bridgehead atoms. The molecule has 11 nitrogen and oxygen atoms in total. The zero-order valence-electron chi connectivity index (χ0n) is 18.7. The molecule has 1 atom stereocenters. The third-order valence-electron chi connectivity index (χ3n) is 5.44. The summed E-state index contributed by atoms with van der Waals surface area (Å²) < 4.78 is 1.51. The second-order valence-electron chi connectivity index (χ2n) is 7.78. The minimum atomic E-state index is -0.763. The Balaban J connectivity index is 1.40. The quantitative estimate of drug-likeness (QED) is 0.290. The summed E-state index contributed by atoms with van der Waals surface area (Å²) in [6.07, 6.45) is 2.31. The lowest BCUT2D eigenvalue weighted by atomic mass is 10.1. The first-order valence-electron chi connectivity index (χ1n) is 10.8. The molecule has 180 valence electrons. The van der Waals surface area contributed by atoms with Gasteiger partial charge in [0, 0.05) is 28.6 Å². The highest BCUT2D eigenvalue weighted by Crippen LogP contribution is 2.22. The number of rotatable bonds is 8. The minimum absolute atomic E-state index is 0.231. The SMILES string of the molecule is CC[C@@H](NC(=O)c1ccc2[nH]c(=O)cc(O)c2c1)C(=O)NCCc1cc(Cl)ccc1-n1cnnn1. The van der Waals surface area contributed by atoms with Crippen LogP contribution in [0.2, 0.25) is 5.02 Å². The molecule has 2 aromatic carbocycles. The van der Waals surface area contributed by atoms with Crippen LogP contribution in [0.15, 0.2) is 53.6 Å². The van der Waals surface area contributed by atoms with Crippen molar-refractivity contribution in [1.82, 2.24) is 35.8 Å². The first-order valence-corrected chi connectivity index (χ1v) is 11.2. The number of fused-ring (bicyclic) bond motifs is 1. The van der Waals surface area contributed by atoms with E-state index in [9.17, 15) is 19.5 Å². The van der Waals surface area contributed by atoms with Crippen LogP contribution in [-0.4, -0.2) is 54.7 Å². The van der Waals surface area contributed by atoms with Gasteiger partial charge in [0.2, 0.25) is 5.91 Å². The number of halogens is 1. The van der Waals surface area contributed by atoms with E-state index in [1.165, 1.54) is 29.2 Å². The summed E-state index contributed by atoms with van der Waals surface area (Å²) in [5.41, 5.74) is 1.79. The Kier molecular flexibility index (Phi) is 7.06. The van der Waals surface area contributed by atoms with Crippen LogP contribution < -0.4 is 16.2 Å². The number of carbonyl (C=O) groups excluding carboxylic acids is 2. The van der Waals surface area contributed by atoms with Crippen LogP contribution in [0, 0.1) is 0 Å². The minimum Gasteiger partial charge on any atom is -0.507 e. The molecule has 35 heavy (non-hydrogen) atoms. The van der Waals surface area contributed by atoms with Crippen LogP contribution in [0.25, 0.3) is 16.6 Å². The van der Waals surface area contributed by atoms with Gasteiger partial charge in [0.15, 0.2) is 0 Å². The molecule has 0 saturated carbocycles. The van der Waals surface area contributed by atoms with Gasteiger partial charge in [-0.3, -0.25) is 14.4 Å². The van der Waals surface area contributed by atoms with E-state index in [0.717, 1.165) is 17.3 Å². The van der Waals surface area contributed by atoms with Gasteiger partial charge in [-0.25, -0.2) is 4.68 Å². The number of pyridine rings is 1. The number of H-pyrrole nitrogens is 1. The summed E-state index contributed by atoms with van der Waals surface area (Å²) in [5, 5.41) is 27.6. The number of tetrazole rings is 1. The molecule has 0 saturated heterocycles. The van der Waals surface area contributed by atoms with Gasteiger partial charge in [-0.1, -0.05) is 18.5 Å². The van der Waals surface area contributed by atoms with Gasteiger partial charge in [-0.15, -0.1) is 5.10 Å². The number of amides is 2. The van der Waals surface area contributed by atoms with Crippen molar-refractivity contribution in [2.45, 2.75) is 25.8 Å². The van der Waals surface area contributed by atoms with Crippen molar-refractivity contribution in [2.75, 3.05) is 6.54 Å². The average molecular weight is 496 g/mol. The summed E-state index contributed by atoms with van der Waals surface area (Å²) in [7, 11) is 0. The molecule has 0 aliphatic carbocycles. The average Bonchev–Trinajstić information content (AvgIpc) is 3.37. The Bertz CT molecular complexity index is 1440. The van der Waals surface area contributed by atoms with E-state index in [1.54, 1.807) is 25.1 Å². The molecule has 0 fully saturated rings. The van der Waals surface area contributed by atoms with Crippen LogP contribution in [0.1, 0.15) is 29.3 Å². The third-order valence-corrected chi connectivity index (χ3v) is 5.68. The lowest BCUT2D eigenvalue weighted by Crippen LogP contribution is -2.46. The Morgan fingerprint density at radius 3 is 2.77 bits per heavy atom. The lowest BCUT2D eigenvalue weighted by molar-refractivity contribution is -0.123. The molecular formula is C23H22ClN7O4. The Morgan fingerprint density at radius 1 is 1.20 bits per heavy atom. The smallest absolute Gasteiger partial charge is 0.252 e. The predicted octanol–water partition coefficient (Wildman–Crippen LogP) is 1.73. The Morgan fingerprint density at radius 2 is 2.03 bits per heavy atom. The molecule has 2 heterocycles. The van der Waals surface area contributed by atoms with Gasteiger partial charge >= 0.3 is 0 Å². The third kappa shape index (κ3) is 5.46. The molecule has 4 rings (SSSR count). The van der Waals surface area contributed by atoms with E-state index in [0.29, 0.717) is 35.3 Å².